The fourth-order valence-corrected chi connectivity index (χ4v) is 2.74. The number of amides is 1. The summed E-state index contributed by atoms with van der Waals surface area (Å²) in [6.07, 6.45) is 5.87. The van der Waals surface area contributed by atoms with E-state index in [-0.39, 0.29) is 12.5 Å². The average Bonchev–Trinajstić information content (AvgIpc) is 2.61. The molecule has 18 heavy (non-hydrogen) atoms. The van der Waals surface area contributed by atoms with Crippen LogP contribution >= 0.6 is 0 Å². The van der Waals surface area contributed by atoms with Gasteiger partial charge in [0, 0.05) is 13.1 Å². The van der Waals surface area contributed by atoms with E-state index in [1.54, 1.807) is 0 Å². The highest BCUT2D eigenvalue weighted by molar-refractivity contribution is 5.86. The maximum Gasteiger partial charge on any atom is 0.323 e. The smallest absolute Gasteiger partial charge is 0.323 e. The molecule has 0 atom stereocenters. The maximum absolute atomic E-state index is 12.6. The molecular weight excluding hydrogens is 232 g/mol. The maximum atomic E-state index is 12.6. The first-order chi connectivity index (χ1) is 8.55. The normalized spacial score (nSPS) is 19.0. The number of carbonyl (C=O) groups excluding carboxylic acids is 1. The second kappa shape index (κ2) is 6.73. The predicted molar refractivity (Wildman–Crippen MR) is 69.1 cm³/mol. The lowest BCUT2D eigenvalue weighted by Gasteiger charge is -2.34. The average molecular weight is 256 g/mol. The minimum Gasteiger partial charge on any atom is -0.480 e. The van der Waals surface area contributed by atoms with Gasteiger partial charge in [-0.25, -0.2) is 0 Å². The SMILES string of the molecule is CCN(CC(=O)O)C(=O)C1(CN)CCCCCC1. The van der Waals surface area contributed by atoms with E-state index < -0.39 is 11.4 Å². The number of rotatable bonds is 5. The lowest BCUT2D eigenvalue weighted by atomic mass is 9.79. The monoisotopic (exact) mass is 256 g/mol. The van der Waals surface area contributed by atoms with Gasteiger partial charge in [0.25, 0.3) is 0 Å². The molecule has 0 aromatic rings. The molecule has 1 aliphatic rings. The lowest BCUT2D eigenvalue weighted by Crippen LogP contribution is -2.49. The molecule has 3 N–H and O–H groups in total. The van der Waals surface area contributed by atoms with Crippen molar-refractivity contribution in [2.45, 2.75) is 45.4 Å². The zero-order chi connectivity index (χ0) is 13.6. The van der Waals surface area contributed by atoms with Gasteiger partial charge in [0.15, 0.2) is 0 Å². The van der Waals surface area contributed by atoms with E-state index in [2.05, 4.69) is 0 Å². The highest BCUT2D eigenvalue weighted by atomic mass is 16.4. The van der Waals surface area contributed by atoms with Crippen molar-refractivity contribution in [3.8, 4) is 0 Å². The lowest BCUT2D eigenvalue weighted by molar-refractivity contribution is -0.150. The molecule has 1 aliphatic carbocycles. The van der Waals surface area contributed by atoms with Gasteiger partial charge in [-0.2, -0.15) is 0 Å². The van der Waals surface area contributed by atoms with Crippen LogP contribution < -0.4 is 5.73 Å². The number of carboxylic acids is 1. The summed E-state index contributed by atoms with van der Waals surface area (Å²) in [5.74, 6) is -1.04. The number of carboxylic acid groups (broad SMARTS) is 1. The van der Waals surface area contributed by atoms with Gasteiger partial charge in [0.05, 0.1) is 5.41 Å². The summed E-state index contributed by atoms with van der Waals surface area (Å²) in [6.45, 7) is 2.33. The van der Waals surface area contributed by atoms with Crippen molar-refractivity contribution in [1.82, 2.24) is 4.90 Å². The molecule has 0 bridgehead atoms. The molecule has 0 unspecified atom stereocenters. The van der Waals surface area contributed by atoms with Crippen LogP contribution in [-0.4, -0.2) is 41.5 Å². The van der Waals surface area contributed by atoms with E-state index in [0.717, 1.165) is 38.5 Å². The standard InChI is InChI=1S/C13H24N2O3/c1-2-15(9-11(16)17)12(18)13(10-14)7-5-3-4-6-8-13/h2-10,14H2,1H3,(H,16,17). The van der Waals surface area contributed by atoms with Crippen LogP contribution in [0.15, 0.2) is 0 Å². The number of carbonyl (C=O) groups is 2. The van der Waals surface area contributed by atoms with Gasteiger partial charge in [-0.05, 0) is 19.8 Å². The van der Waals surface area contributed by atoms with Gasteiger partial charge in [0.1, 0.15) is 6.54 Å². The van der Waals surface area contributed by atoms with Gasteiger partial charge < -0.3 is 15.7 Å². The van der Waals surface area contributed by atoms with Crippen LogP contribution in [0, 0.1) is 5.41 Å². The molecule has 104 valence electrons. The number of likely N-dealkylation sites (N-methyl/N-ethyl adjacent to an activating group) is 1. The van der Waals surface area contributed by atoms with Gasteiger partial charge in [-0.1, -0.05) is 25.7 Å². The van der Waals surface area contributed by atoms with Gasteiger partial charge >= 0.3 is 5.97 Å². The Morgan fingerprint density at radius 1 is 1.22 bits per heavy atom. The van der Waals surface area contributed by atoms with Crippen LogP contribution in [0.25, 0.3) is 0 Å². The molecule has 0 aliphatic heterocycles. The van der Waals surface area contributed by atoms with Crippen LogP contribution in [0.2, 0.25) is 0 Å². The Kier molecular flexibility index (Phi) is 5.59. The first kappa shape index (κ1) is 15.0. The molecule has 1 amide bonds. The molecule has 0 saturated heterocycles. The molecule has 0 aromatic carbocycles. The molecule has 1 saturated carbocycles. The second-order valence-electron chi connectivity index (χ2n) is 5.11. The first-order valence-electron chi connectivity index (χ1n) is 6.77. The van der Waals surface area contributed by atoms with Crippen LogP contribution in [0.3, 0.4) is 0 Å². The van der Waals surface area contributed by atoms with Crippen molar-refractivity contribution in [1.29, 1.82) is 0 Å². The fourth-order valence-electron chi connectivity index (χ4n) is 2.74. The van der Waals surface area contributed by atoms with Crippen molar-refractivity contribution in [2.75, 3.05) is 19.6 Å². The van der Waals surface area contributed by atoms with E-state index in [9.17, 15) is 9.59 Å². The van der Waals surface area contributed by atoms with Crippen LogP contribution in [0.4, 0.5) is 0 Å². The summed E-state index contributed by atoms with van der Waals surface area (Å²) in [6, 6.07) is 0. The van der Waals surface area contributed by atoms with E-state index in [1.807, 2.05) is 6.92 Å². The Bertz CT molecular complexity index is 297. The van der Waals surface area contributed by atoms with E-state index in [0.29, 0.717) is 13.1 Å². The number of hydrogen-bond acceptors (Lipinski definition) is 3. The molecule has 0 radical (unpaired) electrons. The molecule has 1 fully saturated rings. The Morgan fingerprint density at radius 2 is 1.78 bits per heavy atom. The third-order valence-electron chi connectivity index (χ3n) is 3.90. The van der Waals surface area contributed by atoms with Gasteiger partial charge in [-0.3, -0.25) is 9.59 Å². The van der Waals surface area contributed by atoms with Crippen molar-refractivity contribution < 1.29 is 14.7 Å². The molecule has 0 heterocycles. The van der Waals surface area contributed by atoms with E-state index in [1.165, 1.54) is 4.90 Å². The third kappa shape index (κ3) is 3.45. The Morgan fingerprint density at radius 3 is 2.17 bits per heavy atom. The van der Waals surface area contributed by atoms with Gasteiger partial charge in [0.2, 0.25) is 5.91 Å². The highest BCUT2D eigenvalue weighted by Crippen LogP contribution is 2.35. The van der Waals surface area contributed by atoms with Crippen molar-refractivity contribution in [3.63, 3.8) is 0 Å². The van der Waals surface area contributed by atoms with E-state index in [4.69, 9.17) is 10.8 Å². The van der Waals surface area contributed by atoms with E-state index >= 15 is 0 Å². The number of nitrogens with zero attached hydrogens (tertiary/aromatic N) is 1. The van der Waals surface area contributed by atoms with Gasteiger partial charge in [-0.15, -0.1) is 0 Å². The highest BCUT2D eigenvalue weighted by Gasteiger charge is 2.40. The summed E-state index contributed by atoms with van der Waals surface area (Å²) in [4.78, 5) is 24.8. The zero-order valence-electron chi connectivity index (χ0n) is 11.2. The largest absolute Gasteiger partial charge is 0.480 e. The Labute approximate surface area is 108 Å². The topological polar surface area (TPSA) is 83.6 Å². The van der Waals surface area contributed by atoms with Crippen LogP contribution in [-0.2, 0) is 9.59 Å². The Hall–Kier alpha value is -1.10. The number of aliphatic carboxylic acids is 1. The molecular formula is C13H24N2O3. The second-order valence-corrected chi connectivity index (χ2v) is 5.11. The first-order valence-corrected chi connectivity index (χ1v) is 6.77. The predicted octanol–water partition coefficient (Wildman–Crippen LogP) is 1.22. The third-order valence-corrected chi connectivity index (χ3v) is 3.90. The molecule has 1 rings (SSSR count). The van der Waals surface area contributed by atoms with Crippen molar-refractivity contribution in [3.05, 3.63) is 0 Å². The van der Waals surface area contributed by atoms with Crippen molar-refractivity contribution in [2.24, 2.45) is 11.1 Å². The minimum absolute atomic E-state index is 0.0724. The van der Waals surface area contributed by atoms with Crippen LogP contribution in [0.1, 0.15) is 45.4 Å². The number of hydrogen-bond donors (Lipinski definition) is 2. The van der Waals surface area contributed by atoms with Crippen LogP contribution in [0.5, 0.6) is 0 Å². The molecule has 5 nitrogen and oxygen atoms in total. The fraction of sp³-hybridized carbons (Fsp3) is 0.846. The molecule has 5 heteroatoms. The minimum atomic E-state index is -0.967. The van der Waals surface area contributed by atoms with Crippen molar-refractivity contribution >= 4 is 11.9 Å². The number of nitrogens with two attached hydrogens (primary N) is 1. The summed E-state index contributed by atoms with van der Waals surface area (Å²) < 4.78 is 0. The summed E-state index contributed by atoms with van der Waals surface area (Å²) in [7, 11) is 0. The molecule has 0 spiro atoms. The Balaban J connectivity index is 2.83. The summed E-state index contributed by atoms with van der Waals surface area (Å²) >= 11 is 0. The zero-order valence-corrected chi connectivity index (χ0v) is 11.2. The summed E-state index contributed by atoms with van der Waals surface area (Å²) in [5, 5.41) is 8.85. The summed E-state index contributed by atoms with van der Waals surface area (Å²) in [5.41, 5.74) is 5.31. The quantitative estimate of drug-likeness (QED) is 0.724. The molecule has 0 aromatic heterocycles.